The lowest BCUT2D eigenvalue weighted by molar-refractivity contribution is -0.123. The molecule has 1 saturated carbocycles. The first-order valence-electron chi connectivity index (χ1n) is 9.27. The molecule has 4 nitrogen and oxygen atoms in total. The summed E-state index contributed by atoms with van der Waals surface area (Å²) in [7, 11) is 0. The summed E-state index contributed by atoms with van der Waals surface area (Å²) in [5.41, 5.74) is 2.28. The third kappa shape index (κ3) is 4.27. The van der Waals surface area contributed by atoms with Gasteiger partial charge in [-0.3, -0.25) is 9.69 Å². The van der Waals surface area contributed by atoms with Gasteiger partial charge < -0.3 is 0 Å². The molecule has 0 aliphatic heterocycles. The molecule has 0 spiro atoms. The molecule has 0 radical (unpaired) electrons. The molecule has 1 amide bonds. The second-order valence-electron chi connectivity index (χ2n) is 7.38. The molecule has 0 N–H and O–H groups in total. The highest BCUT2D eigenvalue weighted by atomic mass is 32.1. The number of anilines is 1. The van der Waals surface area contributed by atoms with Crippen LogP contribution in [0.25, 0.3) is 10.6 Å². The van der Waals surface area contributed by atoms with Gasteiger partial charge in [-0.1, -0.05) is 68.7 Å². The Morgan fingerprint density at radius 2 is 1.92 bits per heavy atom. The zero-order valence-electron chi connectivity index (χ0n) is 15.4. The number of amides is 1. The Morgan fingerprint density at radius 3 is 2.60 bits per heavy atom. The fourth-order valence-electron chi connectivity index (χ4n) is 3.44. The van der Waals surface area contributed by atoms with Gasteiger partial charge >= 0.3 is 0 Å². The van der Waals surface area contributed by atoms with Crippen molar-refractivity contribution in [2.24, 2.45) is 11.8 Å². The molecule has 0 saturated heterocycles. The topological polar surface area (TPSA) is 46.1 Å². The number of aryl methyl sites for hydroxylation is 1. The molecule has 5 heteroatoms. The summed E-state index contributed by atoms with van der Waals surface area (Å²) in [6.07, 6.45) is 5.60. The van der Waals surface area contributed by atoms with Crippen LogP contribution in [0.4, 0.5) is 5.13 Å². The standard InChI is InChI=1S/C20H27N3OS/c1-14(2)13-23(19(24)16-10-5-4-6-11-16)20-22-21-18(25-20)17-12-8-7-9-15(17)3/h7-9,12,14,16H,4-6,10-11,13H2,1-3H3. The number of carbonyl (C=O) groups excluding carboxylic acids is 1. The van der Waals surface area contributed by atoms with Crippen LogP contribution in [0.3, 0.4) is 0 Å². The Balaban J connectivity index is 1.86. The highest BCUT2D eigenvalue weighted by Crippen LogP contribution is 2.33. The van der Waals surface area contributed by atoms with E-state index in [0.717, 1.165) is 41.4 Å². The Labute approximate surface area is 154 Å². The van der Waals surface area contributed by atoms with Crippen molar-refractivity contribution in [1.29, 1.82) is 0 Å². The minimum Gasteiger partial charge on any atom is -0.286 e. The van der Waals surface area contributed by atoms with Crippen LogP contribution in [0.5, 0.6) is 0 Å². The van der Waals surface area contributed by atoms with Gasteiger partial charge in [0.25, 0.3) is 0 Å². The summed E-state index contributed by atoms with van der Waals surface area (Å²) in [6.45, 7) is 7.07. The minimum atomic E-state index is 0.151. The molecule has 0 atom stereocenters. The molecular formula is C20H27N3OS. The Hall–Kier alpha value is -1.75. The summed E-state index contributed by atoms with van der Waals surface area (Å²) in [5, 5.41) is 10.4. The number of rotatable bonds is 5. The van der Waals surface area contributed by atoms with E-state index in [-0.39, 0.29) is 11.8 Å². The second kappa shape index (κ2) is 8.09. The van der Waals surface area contributed by atoms with E-state index >= 15 is 0 Å². The van der Waals surface area contributed by atoms with E-state index in [1.54, 1.807) is 0 Å². The van der Waals surface area contributed by atoms with E-state index in [0.29, 0.717) is 12.5 Å². The molecule has 1 aliphatic carbocycles. The molecule has 25 heavy (non-hydrogen) atoms. The van der Waals surface area contributed by atoms with Crippen molar-refractivity contribution < 1.29 is 4.79 Å². The van der Waals surface area contributed by atoms with E-state index in [1.807, 2.05) is 17.0 Å². The number of benzene rings is 1. The molecule has 134 valence electrons. The van der Waals surface area contributed by atoms with Crippen LogP contribution in [-0.4, -0.2) is 22.6 Å². The molecule has 1 heterocycles. The number of nitrogens with zero attached hydrogens (tertiary/aromatic N) is 3. The summed E-state index contributed by atoms with van der Waals surface area (Å²) < 4.78 is 0. The number of hydrogen-bond acceptors (Lipinski definition) is 4. The van der Waals surface area contributed by atoms with Crippen molar-refractivity contribution in [3.63, 3.8) is 0 Å². The molecule has 1 aliphatic rings. The maximum atomic E-state index is 13.1. The van der Waals surface area contributed by atoms with Gasteiger partial charge in [0.2, 0.25) is 11.0 Å². The molecule has 1 aromatic heterocycles. The van der Waals surface area contributed by atoms with E-state index in [1.165, 1.54) is 23.3 Å². The van der Waals surface area contributed by atoms with Crippen LogP contribution in [0.15, 0.2) is 24.3 Å². The lowest BCUT2D eigenvalue weighted by atomic mass is 9.88. The minimum absolute atomic E-state index is 0.151. The van der Waals surface area contributed by atoms with Gasteiger partial charge in [-0.05, 0) is 31.2 Å². The fourth-order valence-corrected chi connectivity index (χ4v) is 4.39. The van der Waals surface area contributed by atoms with E-state index in [2.05, 4.69) is 43.1 Å². The second-order valence-corrected chi connectivity index (χ2v) is 8.34. The first-order chi connectivity index (χ1) is 12.1. The van der Waals surface area contributed by atoms with Crippen LogP contribution >= 0.6 is 11.3 Å². The quantitative estimate of drug-likeness (QED) is 0.749. The molecule has 0 bridgehead atoms. The lowest BCUT2D eigenvalue weighted by Crippen LogP contribution is -2.39. The predicted octanol–water partition coefficient (Wildman–Crippen LogP) is 5.08. The van der Waals surface area contributed by atoms with Crippen molar-refractivity contribution in [3.8, 4) is 10.6 Å². The van der Waals surface area contributed by atoms with Crippen LogP contribution < -0.4 is 4.90 Å². The first-order valence-corrected chi connectivity index (χ1v) is 10.1. The lowest BCUT2D eigenvalue weighted by Gasteiger charge is -2.28. The van der Waals surface area contributed by atoms with Gasteiger partial charge in [-0.2, -0.15) is 0 Å². The average molecular weight is 358 g/mol. The summed E-state index contributed by atoms with van der Waals surface area (Å²) in [5.74, 6) is 0.789. The summed E-state index contributed by atoms with van der Waals surface area (Å²) in [6, 6.07) is 8.19. The number of aromatic nitrogens is 2. The van der Waals surface area contributed by atoms with Crippen molar-refractivity contribution in [2.75, 3.05) is 11.4 Å². The van der Waals surface area contributed by atoms with Crippen molar-refractivity contribution >= 4 is 22.4 Å². The van der Waals surface area contributed by atoms with E-state index < -0.39 is 0 Å². The zero-order chi connectivity index (χ0) is 17.8. The van der Waals surface area contributed by atoms with Crippen LogP contribution in [0, 0.1) is 18.8 Å². The Kier molecular flexibility index (Phi) is 5.84. The molecule has 0 unspecified atom stereocenters. The smallest absolute Gasteiger partial charge is 0.231 e. The van der Waals surface area contributed by atoms with E-state index in [9.17, 15) is 4.79 Å². The molecule has 1 fully saturated rings. The molecular weight excluding hydrogens is 330 g/mol. The highest BCUT2D eigenvalue weighted by molar-refractivity contribution is 7.18. The van der Waals surface area contributed by atoms with Gasteiger partial charge in [-0.25, -0.2) is 0 Å². The van der Waals surface area contributed by atoms with Gasteiger partial charge in [0.15, 0.2) is 0 Å². The summed E-state index contributed by atoms with van der Waals surface area (Å²) in [4.78, 5) is 15.0. The number of hydrogen-bond donors (Lipinski definition) is 0. The highest BCUT2D eigenvalue weighted by Gasteiger charge is 2.29. The molecule has 2 aromatic rings. The van der Waals surface area contributed by atoms with Crippen LogP contribution in [0.1, 0.15) is 51.5 Å². The fraction of sp³-hybridized carbons (Fsp3) is 0.550. The van der Waals surface area contributed by atoms with Crippen molar-refractivity contribution in [2.45, 2.75) is 52.9 Å². The number of carbonyl (C=O) groups is 1. The van der Waals surface area contributed by atoms with E-state index in [4.69, 9.17) is 0 Å². The zero-order valence-corrected chi connectivity index (χ0v) is 16.2. The van der Waals surface area contributed by atoms with Gasteiger partial charge in [-0.15, -0.1) is 10.2 Å². The third-order valence-corrected chi connectivity index (χ3v) is 5.77. The van der Waals surface area contributed by atoms with Crippen LogP contribution in [0.2, 0.25) is 0 Å². The SMILES string of the molecule is Cc1ccccc1-c1nnc(N(CC(C)C)C(=O)C2CCCCC2)s1. The molecule has 3 rings (SSSR count). The third-order valence-electron chi connectivity index (χ3n) is 4.79. The Bertz CT molecular complexity index is 719. The van der Waals surface area contributed by atoms with Crippen molar-refractivity contribution in [1.82, 2.24) is 10.2 Å². The largest absolute Gasteiger partial charge is 0.286 e. The monoisotopic (exact) mass is 357 g/mol. The maximum absolute atomic E-state index is 13.1. The predicted molar refractivity (Wildman–Crippen MR) is 104 cm³/mol. The van der Waals surface area contributed by atoms with Crippen molar-refractivity contribution in [3.05, 3.63) is 29.8 Å². The van der Waals surface area contributed by atoms with Gasteiger partial charge in [0.1, 0.15) is 5.01 Å². The Morgan fingerprint density at radius 1 is 1.20 bits per heavy atom. The van der Waals surface area contributed by atoms with Gasteiger partial charge in [0, 0.05) is 18.0 Å². The average Bonchev–Trinajstić information content (AvgIpc) is 3.09. The normalized spacial score (nSPS) is 15.5. The molecule has 1 aromatic carbocycles. The van der Waals surface area contributed by atoms with Crippen LogP contribution in [-0.2, 0) is 4.79 Å². The summed E-state index contributed by atoms with van der Waals surface area (Å²) >= 11 is 1.53. The van der Waals surface area contributed by atoms with Gasteiger partial charge in [0.05, 0.1) is 0 Å². The first kappa shape index (κ1) is 18.1. The maximum Gasteiger partial charge on any atom is 0.231 e.